The summed E-state index contributed by atoms with van der Waals surface area (Å²) in [4.78, 5) is 12.5. The van der Waals surface area contributed by atoms with Gasteiger partial charge in [0.1, 0.15) is 0 Å². The molecule has 0 aliphatic carbocycles. The highest BCUT2D eigenvalue weighted by molar-refractivity contribution is 7.85. The fraction of sp³-hybridized carbons (Fsp3) is 0.889. The van der Waals surface area contributed by atoms with Gasteiger partial charge in [-0.15, -0.1) is 0 Å². The summed E-state index contributed by atoms with van der Waals surface area (Å²) < 4.78 is 26.1. The lowest BCUT2D eigenvalue weighted by Gasteiger charge is -2.30. The third-order valence-corrected chi connectivity index (χ3v) is 3.34. The van der Waals surface area contributed by atoms with E-state index in [0.717, 1.165) is 19.1 Å². The average Bonchev–Trinajstić information content (AvgIpc) is 2.16. The Hall–Kier alpha value is -0.820. The number of nitrogens with two attached hydrogens (primary N) is 1. The van der Waals surface area contributed by atoms with Gasteiger partial charge in [0.2, 0.25) is 0 Å². The molecule has 0 radical (unpaired) electrons. The lowest BCUT2D eigenvalue weighted by Crippen LogP contribution is -2.41. The normalized spacial score (nSPS) is 18.7. The van der Waals surface area contributed by atoms with Crippen molar-refractivity contribution in [3.63, 3.8) is 0 Å². The number of amides is 2. The Morgan fingerprint density at radius 1 is 1.44 bits per heavy atom. The van der Waals surface area contributed by atoms with Gasteiger partial charge in [0.25, 0.3) is 10.1 Å². The van der Waals surface area contributed by atoms with Crippen molar-refractivity contribution >= 4 is 16.1 Å². The monoisotopic (exact) mass is 250 g/mol. The van der Waals surface area contributed by atoms with Crippen LogP contribution < -0.4 is 5.73 Å². The minimum Gasteiger partial charge on any atom is -0.351 e. The van der Waals surface area contributed by atoms with Gasteiger partial charge < -0.3 is 10.6 Å². The Kier molecular flexibility index (Phi) is 4.55. The Morgan fingerprint density at radius 2 is 2.00 bits per heavy atom. The Balaban J connectivity index is 2.20. The predicted octanol–water partition coefficient (Wildman–Crippen LogP) is 0.143. The molecule has 0 atom stereocenters. The Morgan fingerprint density at radius 3 is 2.44 bits per heavy atom. The van der Waals surface area contributed by atoms with Gasteiger partial charge in [0.05, 0.1) is 12.9 Å². The molecule has 16 heavy (non-hydrogen) atoms. The zero-order chi connectivity index (χ0) is 12.2. The number of hydrogen-bond donors (Lipinski definition) is 1. The minimum atomic E-state index is -3.33. The molecule has 1 heterocycles. The van der Waals surface area contributed by atoms with E-state index in [2.05, 4.69) is 4.18 Å². The lowest BCUT2D eigenvalue weighted by molar-refractivity contribution is 0.168. The maximum Gasteiger partial charge on any atom is 0.314 e. The molecule has 0 bridgehead atoms. The molecule has 1 fully saturated rings. The number of urea groups is 1. The van der Waals surface area contributed by atoms with Crippen LogP contribution in [0.25, 0.3) is 0 Å². The highest BCUT2D eigenvalue weighted by Crippen LogP contribution is 2.20. The van der Waals surface area contributed by atoms with Crippen LogP contribution in [0.3, 0.4) is 0 Å². The van der Waals surface area contributed by atoms with Gasteiger partial charge in [-0.25, -0.2) is 4.79 Å². The zero-order valence-electron chi connectivity index (χ0n) is 9.39. The number of likely N-dealkylation sites (tertiary alicyclic amines) is 1. The number of carbonyl (C=O) groups excluding carboxylic acids is 1. The van der Waals surface area contributed by atoms with Crippen molar-refractivity contribution in [1.29, 1.82) is 0 Å². The number of nitrogens with zero attached hydrogens (tertiary/aromatic N) is 1. The second kappa shape index (κ2) is 5.49. The minimum absolute atomic E-state index is 0.222. The molecule has 0 aromatic rings. The number of hydrogen-bond acceptors (Lipinski definition) is 4. The summed E-state index contributed by atoms with van der Waals surface area (Å²) in [6, 6.07) is -0.383. The molecule has 1 rings (SSSR count). The van der Waals surface area contributed by atoms with Crippen molar-refractivity contribution in [2.45, 2.75) is 19.3 Å². The van der Waals surface area contributed by atoms with Gasteiger partial charge in [0, 0.05) is 13.1 Å². The van der Waals surface area contributed by atoms with E-state index in [0.29, 0.717) is 25.4 Å². The molecule has 1 aliphatic heterocycles. The van der Waals surface area contributed by atoms with E-state index in [-0.39, 0.29) is 12.6 Å². The van der Waals surface area contributed by atoms with E-state index in [1.165, 1.54) is 0 Å². The summed E-state index contributed by atoms with van der Waals surface area (Å²) in [7, 11) is -3.33. The van der Waals surface area contributed by atoms with Crippen molar-refractivity contribution in [2.24, 2.45) is 11.7 Å². The highest BCUT2D eigenvalue weighted by Gasteiger charge is 2.21. The molecule has 94 valence electrons. The summed E-state index contributed by atoms with van der Waals surface area (Å²) in [6.45, 7) is 1.53. The molecule has 7 heteroatoms. The van der Waals surface area contributed by atoms with Crippen molar-refractivity contribution in [1.82, 2.24) is 4.90 Å². The molecule has 0 spiro atoms. The van der Waals surface area contributed by atoms with E-state index < -0.39 is 10.1 Å². The van der Waals surface area contributed by atoms with Gasteiger partial charge in [0.15, 0.2) is 0 Å². The third kappa shape index (κ3) is 4.80. The van der Waals surface area contributed by atoms with E-state index in [4.69, 9.17) is 5.73 Å². The molecule has 0 saturated carbocycles. The molecule has 0 aromatic carbocycles. The first-order valence-corrected chi connectivity index (χ1v) is 7.09. The molecule has 2 amide bonds. The van der Waals surface area contributed by atoms with Crippen LogP contribution in [0.5, 0.6) is 0 Å². The highest BCUT2D eigenvalue weighted by atomic mass is 32.2. The summed E-state index contributed by atoms with van der Waals surface area (Å²) in [5.41, 5.74) is 5.15. The SMILES string of the molecule is CS(=O)(=O)OCCC1CCN(C(N)=O)CC1. The maximum absolute atomic E-state index is 10.9. The second-order valence-electron chi connectivity index (χ2n) is 4.08. The standard InChI is InChI=1S/C9H18N2O4S/c1-16(13,14)15-7-4-8-2-5-11(6-3-8)9(10)12/h8H,2-7H2,1H3,(H2,10,12). The predicted molar refractivity (Wildman–Crippen MR) is 59.3 cm³/mol. The van der Waals surface area contributed by atoms with Crippen LogP contribution in [0, 0.1) is 5.92 Å². The lowest BCUT2D eigenvalue weighted by atomic mass is 9.94. The van der Waals surface area contributed by atoms with Gasteiger partial charge in [-0.05, 0) is 25.2 Å². The van der Waals surface area contributed by atoms with Crippen LogP contribution in [-0.4, -0.2) is 45.3 Å². The summed E-state index contributed by atoms with van der Waals surface area (Å²) in [5, 5.41) is 0. The largest absolute Gasteiger partial charge is 0.351 e. The van der Waals surface area contributed by atoms with Crippen molar-refractivity contribution < 1.29 is 17.4 Å². The second-order valence-corrected chi connectivity index (χ2v) is 5.73. The molecule has 0 aromatic heterocycles. The van der Waals surface area contributed by atoms with Crippen LogP contribution in [0.2, 0.25) is 0 Å². The van der Waals surface area contributed by atoms with Gasteiger partial charge in [-0.3, -0.25) is 4.18 Å². The zero-order valence-corrected chi connectivity index (χ0v) is 10.2. The summed E-state index contributed by atoms with van der Waals surface area (Å²) in [6.07, 6.45) is 3.47. The van der Waals surface area contributed by atoms with E-state index in [9.17, 15) is 13.2 Å². The molecule has 0 unspecified atom stereocenters. The maximum atomic E-state index is 10.9. The first-order chi connectivity index (χ1) is 7.38. The van der Waals surface area contributed by atoms with Crippen molar-refractivity contribution in [3.05, 3.63) is 0 Å². The first kappa shape index (κ1) is 13.2. The number of rotatable bonds is 4. The van der Waals surface area contributed by atoms with Crippen LogP contribution in [0.15, 0.2) is 0 Å². The summed E-state index contributed by atoms with van der Waals surface area (Å²) in [5.74, 6) is 0.414. The molecular weight excluding hydrogens is 232 g/mol. The van der Waals surface area contributed by atoms with E-state index >= 15 is 0 Å². The fourth-order valence-electron chi connectivity index (χ4n) is 1.81. The van der Waals surface area contributed by atoms with Crippen molar-refractivity contribution in [2.75, 3.05) is 26.0 Å². The van der Waals surface area contributed by atoms with Crippen LogP contribution >= 0.6 is 0 Å². The van der Waals surface area contributed by atoms with Crippen molar-refractivity contribution in [3.8, 4) is 0 Å². The molecule has 2 N–H and O–H groups in total. The van der Waals surface area contributed by atoms with Crippen LogP contribution in [0.1, 0.15) is 19.3 Å². The van der Waals surface area contributed by atoms with E-state index in [1.807, 2.05) is 0 Å². The molecular formula is C9H18N2O4S. The van der Waals surface area contributed by atoms with E-state index in [1.54, 1.807) is 4.90 Å². The van der Waals surface area contributed by atoms with Gasteiger partial charge >= 0.3 is 6.03 Å². The average molecular weight is 250 g/mol. The van der Waals surface area contributed by atoms with Gasteiger partial charge in [-0.2, -0.15) is 8.42 Å². The number of carbonyl (C=O) groups is 1. The third-order valence-electron chi connectivity index (χ3n) is 2.75. The fourth-order valence-corrected chi connectivity index (χ4v) is 2.21. The van der Waals surface area contributed by atoms with Gasteiger partial charge in [-0.1, -0.05) is 0 Å². The van der Waals surface area contributed by atoms with Crippen LogP contribution in [0.4, 0.5) is 4.79 Å². The number of piperidine rings is 1. The topological polar surface area (TPSA) is 89.7 Å². The first-order valence-electron chi connectivity index (χ1n) is 5.27. The smallest absolute Gasteiger partial charge is 0.314 e. The Labute approximate surface area is 95.9 Å². The van der Waals surface area contributed by atoms with Crippen LogP contribution in [-0.2, 0) is 14.3 Å². The number of primary amides is 1. The quantitative estimate of drug-likeness (QED) is 0.719. The molecule has 1 aliphatic rings. The Bertz CT molecular complexity index is 333. The molecule has 6 nitrogen and oxygen atoms in total. The summed E-state index contributed by atoms with van der Waals surface area (Å²) >= 11 is 0. The molecule has 1 saturated heterocycles.